The van der Waals surface area contributed by atoms with E-state index in [0.29, 0.717) is 12.8 Å². The van der Waals surface area contributed by atoms with Crippen LogP contribution >= 0.6 is 0 Å². The Labute approximate surface area is 192 Å². The van der Waals surface area contributed by atoms with Gasteiger partial charge in [0.2, 0.25) is 35.4 Å². The van der Waals surface area contributed by atoms with E-state index in [2.05, 4.69) is 21.3 Å². The van der Waals surface area contributed by atoms with Gasteiger partial charge in [0.05, 0.1) is 25.6 Å². The van der Waals surface area contributed by atoms with Crippen LogP contribution in [0.1, 0.15) is 39.5 Å². The third-order valence-corrected chi connectivity index (χ3v) is 5.58. The first-order valence-corrected chi connectivity index (χ1v) is 10.9. The molecule has 33 heavy (non-hydrogen) atoms. The maximum atomic E-state index is 12.8. The molecular weight excluding hydrogens is 434 g/mol. The van der Waals surface area contributed by atoms with Gasteiger partial charge in [-0.1, -0.05) is 20.3 Å². The first-order chi connectivity index (χ1) is 15.5. The fourth-order valence-corrected chi connectivity index (χ4v) is 3.60. The van der Waals surface area contributed by atoms with Crippen LogP contribution in [0, 0.1) is 5.92 Å². The van der Waals surface area contributed by atoms with Crippen LogP contribution in [0.3, 0.4) is 0 Å². The number of likely N-dealkylation sites (tertiary alicyclic amines) is 1. The number of amides is 6. The number of hydrogen-bond donors (Lipinski definition) is 6. The van der Waals surface area contributed by atoms with E-state index in [0.717, 1.165) is 6.42 Å². The predicted octanol–water partition coefficient (Wildman–Crippen LogP) is -3.31. The number of rotatable bonds is 13. The number of hydrogen-bond acceptors (Lipinski definition) is 7. The molecule has 1 fully saturated rings. The molecule has 0 unspecified atom stereocenters. The van der Waals surface area contributed by atoms with E-state index in [1.807, 2.05) is 13.8 Å². The Kier molecular flexibility index (Phi) is 11.3. The Morgan fingerprint density at radius 1 is 1.03 bits per heavy atom. The summed E-state index contributed by atoms with van der Waals surface area (Å²) in [6, 6.07) is -2.56. The Morgan fingerprint density at radius 3 is 2.21 bits per heavy atom. The number of carbonyl (C=O) groups is 6. The summed E-state index contributed by atoms with van der Waals surface area (Å²) in [5, 5.41) is 10.1. The zero-order valence-corrected chi connectivity index (χ0v) is 19.3. The molecule has 0 spiro atoms. The van der Waals surface area contributed by atoms with Gasteiger partial charge in [0.15, 0.2) is 0 Å². The monoisotopic (exact) mass is 469 g/mol. The molecule has 1 saturated heterocycles. The van der Waals surface area contributed by atoms with Gasteiger partial charge in [-0.3, -0.25) is 28.8 Å². The number of nitrogens with zero attached hydrogens (tertiary/aromatic N) is 1. The number of nitrogens with one attached hydrogen (secondary N) is 4. The fourth-order valence-electron chi connectivity index (χ4n) is 3.60. The van der Waals surface area contributed by atoms with Crippen molar-refractivity contribution >= 4 is 35.4 Å². The second-order valence-electron chi connectivity index (χ2n) is 8.03. The molecule has 6 amide bonds. The first kappa shape index (κ1) is 27.8. The second-order valence-corrected chi connectivity index (χ2v) is 8.03. The normalized spacial score (nSPS) is 18.0. The van der Waals surface area contributed by atoms with Crippen molar-refractivity contribution in [3.63, 3.8) is 0 Å². The molecule has 4 atom stereocenters. The summed E-state index contributed by atoms with van der Waals surface area (Å²) in [6.45, 7) is 3.29. The van der Waals surface area contributed by atoms with Gasteiger partial charge in [0.25, 0.3) is 0 Å². The molecule has 13 heteroatoms. The third kappa shape index (κ3) is 8.67. The summed E-state index contributed by atoms with van der Waals surface area (Å²) in [5.41, 5.74) is 10.5. The number of primary amides is 2. The van der Waals surface area contributed by atoms with Gasteiger partial charge in [0.1, 0.15) is 12.1 Å². The lowest BCUT2D eigenvalue weighted by Gasteiger charge is -2.27. The molecular formula is C20H35N7O6. The highest BCUT2D eigenvalue weighted by Gasteiger charge is 2.37. The Morgan fingerprint density at radius 2 is 1.67 bits per heavy atom. The van der Waals surface area contributed by atoms with E-state index in [1.165, 1.54) is 4.90 Å². The minimum Gasteiger partial charge on any atom is -0.370 e. The molecule has 1 heterocycles. The van der Waals surface area contributed by atoms with Crippen LogP contribution in [0.2, 0.25) is 0 Å². The summed E-state index contributed by atoms with van der Waals surface area (Å²) in [5.74, 6) is -3.77. The van der Waals surface area contributed by atoms with E-state index in [9.17, 15) is 28.8 Å². The second kappa shape index (κ2) is 13.4. The Balaban J connectivity index is 2.59. The zero-order chi connectivity index (χ0) is 25.1. The molecule has 0 aliphatic carbocycles. The Bertz CT molecular complexity index is 759. The Hall–Kier alpha value is -3.22. The van der Waals surface area contributed by atoms with Crippen LogP contribution in [0.5, 0.6) is 0 Å². The van der Waals surface area contributed by atoms with Gasteiger partial charge < -0.3 is 37.6 Å². The van der Waals surface area contributed by atoms with E-state index < -0.39 is 60.6 Å². The van der Waals surface area contributed by atoms with Crippen molar-refractivity contribution < 1.29 is 28.8 Å². The van der Waals surface area contributed by atoms with Gasteiger partial charge in [0, 0.05) is 6.54 Å². The molecule has 8 N–H and O–H groups in total. The van der Waals surface area contributed by atoms with Gasteiger partial charge in [-0.25, -0.2) is 0 Å². The maximum absolute atomic E-state index is 12.8. The van der Waals surface area contributed by atoms with Gasteiger partial charge in [-0.15, -0.1) is 0 Å². The highest BCUT2D eigenvalue weighted by molar-refractivity contribution is 5.96. The molecule has 0 radical (unpaired) electrons. The predicted molar refractivity (Wildman–Crippen MR) is 118 cm³/mol. The SMILES string of the molecule is CC[C@H](C)[C@H](NC)C(=O)NCC(=O)NCC(=O)N[C@@H](CC(N)=O)C(=O)N1CCC[C@H]1C(N)=O. The zero-order valence-electron chi connectivity index (χ0n) is 19.3. The maximum Gasteiger partial charge on any atom is 0.246 e. The highest BCUT2D eigenvalue weighted by atomic mass is 16.2. The standard InChI is InChI=1S/C20H35N7O6/c1-4-11(2)17(23-3)19(32)25-9-15(29)24-10-16(30)26-12(8-14(21)28)20(33)27-7-5-6-13(27)18(22)31/h11-13,17,23H,4-10H2,1-3H3,(H2,21,28)(H2,22,31)(H,24,29)(H,25,32)(H,26,30)/t11-,12-,13-,17-/m0/s1. The number of carbonyl (C=O) groups excluding carboxylic acids is 6. The van der Waals surface area contributed by atoms with Crippen molar-refractivity contribution in [1.29, 1.82) is 0 Å². The average molecular weight is 470 g/mol. The molecule has 0 bridgehead atoms. The molecule has 186 valence electrons. The van der Waals surface area contributed by atoms with Crippen LogP contribution in [0.15, 0.2) is 0 Å². The molecule has 1 aliphatic rings. The average Bonchev–Trinajstić information content (AvgIpc) is 3.25. The van der Waals surface area contributed by atoms with Crippen LogP contribution < -0.4 is 32.7 Å². The van der Waals surface area contributed by atoms with E-state index in [-0.39, 0.29) is 24.9 Å². The molecule has 0 aromatic carbocycles. The molecule has 0 aromatic rings. The summed E-state index contributed by atoms with van der Waals surface area (Å²) in [7, 11) is 1.65. The molecule has 1 aliphatic heterocycles. The van der Waals surface area contributed by atoms with Crippen LogP contribution in [0.4, 0.5) is 0 Å². The first-order valence-electron chi connectivity index (χ1n) is 10.9. The molecule has 13 nitrogen and oxygen atoms in total. The van der Waals surface area contributed by atoms with Crippen LogP contribution in [-0.4, -0.2) is 85.2 Å². The lowest BCUT2D eigenvalue weighted by atomic mass is 9.99. The van der Waals surface area contributed by atoms with Crippen LogP contribution in [0.25, 0.3) is 0 Å². The smallest absolute Gasteiger partial charge is 0.246 e. The minimum absolute atomic E-state index is 0.0633. The van der Waals surface area contributed by atoms with Crippen molar-refractivity contribution in [1.82, 2.24) is 26.2 Å². The third-order valence-electron chi connectivity index (χ3n) is 5.58. The molecule has 0 saturated carbocycles. The van der Waals surface area contributed by atoms with Gasteiger partial charge >= 0.3 is 0 Å². The summed E-state index contributed by atoms with van der Waals surface area (Å²) in [4.78, 5) is 73.4. The summed E-state index contributed by atoms with van der Waals surface area (Å²) >= 11 is 0. The molecule has 0 aromatic heterocycles. The van der Waals surface area contributed by atoms with Gasteiger partial charge in [-0.05, 0) is 25.8 Å². The number of nitrogens with two attached hydrogens (primary N) is 2. The van der Waals surface area contributed by atoms with E-state index in [1.54, 1.807) is 7.05 Å². The molecule has 1 rings (SSSR count). The van der Waals surface area contributed by atoms with Crippen molar-refractivity contribution in [3.05, 3.63) is 0 Å². The topological polar surface area (TPSA) is 206 Å². The lowest BCUT2D eigenvalue weighted by molar-refractivity contribution is -0.141. The fraction of sp³-hybridized carbons (Fsp3) is 0.700. The quantitative estimate of drug-likeness (QED) is 0.162. The lowest BCUT2D eigenvalue weighted by Crippen LogP contribution is -2.55. The van der Waals surface area contributed by atoms with Crippen molar-refractivity contribution in [2.75, 3.05) is 26.7 Å². The highest BCUT2D eigenvalue weighted by Crippen LogP contribution is 2.18. The van der Waals surface area contributed by atoms with Crippen molar-refractivity contribution in [2.24, 2.45) is 17.4 Å². The van der Waals surface area contributed by atoms with Crippen molar-refractivity contribution in [2.45, 2.75) is 57.7 Å². The summed E-state index contributed by atoms with van der Waals surface area (Å²) in [6.07, 6.45) is 1.25. The van der Waals surface area contributed by atoms with E-state index in [4.69, 9.17) is 11.5 Å². The van der Waals surface area contributed by atoms with Crippen molar-refractivity contribution in [3.8, 4) is 0 Å². The minimum atomic E-state index is -1.29. The number of likely N-dealkylation sites (N-methyl/N-ethyl adjacent to an activating group) is 1. The largest absolute Gasteiger partial charge is 0.370 e. The van der Waals surface area contributed by atoms with Crippen LogP contribution in [-0.2, 0) is 28.8 Å². The van der Waals surface area contributed by atoms with E-state index >= 15 is 0 Å². The van der Waals surface area contributed by atoms with Gasteiger partial charge in [-0.2, -0.15) is 0 Å². The summed E-state index contributed by atoms with van der Waals surface area (Å²) < 4.78 is 0.